The molecule has 56 valence electrons. The van der Waals surface area contributed by atoms with Crippen LogP contribution in [0.15, 0.2) is 25.6 Å². The van der Waals surface area contributed by atoms with Gasteiger partial charge < -0.3 is 0 Å². The first-order chi connectivity index (χ1) is 5.15. The van der Waals surface area contributed by atoms with Crippen molar-refractivity contribution in [1.29, 1.82) is 5.39 Å². The van der Waals surface area contributed by atoms with Crippen LogP contribution in [0.25, 0.3) is 4.98 Å². The minimum atomic E-state index is 0.500. The van der Waals surface area contributed by atoms with E-state index in [2.05, 4.69) is 52.8 Å². The van der Waals surface area contributed by atoms with E-state index in [9.17, 15) is 0 Å². The molecule has 0 heterocycles. The van der Waals surface area contributed by atoms with Crippen molar-refractivity contribution in [3.05, 3.63) is 30.5 Å². The highest BCUT2D eigenvalue weighted by Gasteiger charge is 2.13. The van der Waals surface area contributed by atoms with Gasteiger partial charge in [-0.05, 0) is 53.9 Å². The zero-order valence-corrected chi connectivity index (χ0v) is 9.94. The summed E-state index contributed by atoms with van der Waals surface area (Å²) in [5.41, 5.74) is 0.500. The van der Waals surface area contributed by atoms with E-state index in [0.29, 0.717) is 5.69 Å². The van der Waals surface area contributed by atoms with Gasteiger partial charge in [-0.1, -0.05) is 0 Å². The number of hydrogen-bond donors (Lipinski definition) is 0. The molecule has 0 unspecified atom stereocenters. The second-order valence-electron chi connectivity index (χ2n) is 1.82. The summed E-state index contributed by atoms with van der Waals surface area (Å²) in [6.07, 6.45) is 0. The van der Waals surface area contributed by atoms with E-state index < -0.39 is 0 Å². The van der Waals surface area contributed by atoms with Gasteiger partial charge in [0.2, 0.25) is 5.39 Å². The van der Waals surface area contributed by atoms with E-state index in [4.69, 9.17) is 5.39 Å². The Morgan fingerprint density at radius 2 is 1.55 bits per heavy atom. The average Bonchev–Trinajstić information content (AvgIpc) is 1.97. The molecule has 0 radical (unpaired) electrons. The summed E-state index contributed by atoms with van der Waals surface area (Å²) in [7, 11) is 0. The summed E-state index contributed by atoms with van der Waals surface area (Å²) < 4.78 is 2.51. The molecule has 0 saturated carbocycles. The van der Waals surface area contributed by atoms with Crippen LogP contribution in [0.4, 0.5) is 5.69 Å². The molecule has 1 aromatic carbocycles. The Morgan fingerprint density at radius 3 is 2.09 bits per heavy atom. The molecule has 2 nitrogen and oxygen atoms in total. The van der Waals surface area contributed by atoms with Crippen molar-refractivity contribution >= 4 is 53.5 Å². The molecule has 0 aromatic heterocycles. The Hall–Kier alpha value is 0.0800. The average molecular weight is 342 g/mol. The maximum absolute atomic E-state index is 8.49. The molecule has 0 aliphatic heterocycles. The predicted octanol–water partition coefficient (Wildman–Crippen LogP) is 4.46. The molecule has 0 aliphatic rings. The van der Waals surface area contributed by atoms with E-state index in [0.717, 1.165) is 13.4 Å². The van der Waals surface area contributed by atoms with Gasteiger partial charge in [-0.15, -0.1) is 0 Å². The summed E-state index contributed by atoms with van der Waals surface area (Å²) in [5, 5.41) is 8.49. The molecular formula is C6H2Br3N2+. The molecule has 11 heavy (non-hydrogen) atoms. The van der Waals surface area contributed by atoms with Gasteiger partial charge in [-0.25, -0.2) is 0 Å². The summed E-state index contributed by atoms with van der Waals surface area (Å²) in [5.74, 6) is 0. The van der Waals surface area contributed by atoms with Crippen molar-refractivity contribution in [1.82, 2.24) is 0 Å². The molecule has 5 heteroatoms. The highest BCUT2D eigenvalue weighted by atomic mass is 79.9. The van der Waals surface area contributed by atoms with E-state index in [-0.39, 0.29) is 0 Å². The van der Waals surface area contributed by atoms with Crippen LogP contribution in [-0.2, 0) is 0 Å². The van der Waals surface area contributed by atoms with Gasteiger partial charge in [-0.3, -0.25) is 0 Å². The van der Waals surface area contributed by atoms with E-state index in [1.807, 2.05) is 0 Å². The third-order valence-electron chi connectivity index (χ3n) is 1.10. The smallest absolute Gasteiger partial charge is 0.0496 e. The van der Waals surface area contributed by atoms with Crippen LogP contribution in [0.2, 0.25) is 0 Å². The molecule has 0 fully saturated rings. The predicted molar refractivity (Wildman–Crippen MR) is 54.3 cm³/mol. The minimum Gasteiger partial charge on any atom is -0.0496 e. The first-order valence-electron chi connectivity index (χ1n) is 2.65. The maximum atomic E-state index is 8.49. The number of diazo groups is 1. The lowest BCUT2D eigenvalue weighted by Gasteiger charge is -1.91. The molecule has 0 saturated heterocycles. The van der Waals surface area contributed by atoms with Crippen LogP contribution in [-0.4, -0.2) is 0 Å². The van der Waals surface area contributed by atoms with Crippen molar-refractivity contribution in [2.75, 3.05) is 0 Å². The number of rotatable bonds is 0. The van der Waals surface area contributed by atoms with E-state index >= 15 is 0 Å². The molecule has 0 aliphatic carbocycles. The quantitative estimate of drug-likeness (QED) is 0.506. The molecule has 1 aromatic rings. The first kappa shape index (κ1) is 9.17. The Morgan fingerprint density at radius 1 is 1.00 bits per heavy atom. The molecular weight excluding hydrogens is 340 g/mol. The van der Waals surface area contributed by atoms with Crippen LogP contribution < -0.4 is 0 Å². The second-order valence-corrected chi connectivity index (χ2v) is 4.38. The Kier molecular flexibility index (Phi) is 3.05. The molecule has 0 amide bonds. The summed E-state index contributed by atoms with van der Waals surface area (Å²) in [6.45, 7) is 0. The van der Waals surface area contributed by atoms with Gasteiger partial charge in [0.15, 0.2) is 4.98 Å². The standard InChI is InChI=1S/C6H2Br3N2/c7-3-1-5(9)6(11-10)2-4(3)8/h1-2H/q+1. The lowest BCUT2D eigenvalue weighted by atomic mass is 10.3. The summed E-state index contributed by atoms with van der Waals surface area (Å²) >= 11 is 9.83. The number of halogens is 3. The lowest BCUT2D eigenvalue weighted by Crippen LogP contribution is -1.70. The van der Waals surface area contributed by atoms with Crippen LogP contribution in [0.1, 0.15) is 0 Å². The second kappa shape index (κ2) is 3.65. The molecule has 0 bridgehead atoms. The molecule has 0 N–H and O–H groups in total. The van der Waals surface area contributed by atoms with Crippen LogP contribution in [0.5, 0.6) is 0 Å². The third kappa shape index (κ3) is 2.01. The van der Waals surface area contributed by atoms with Crippen molar-refractivity contribution in [3.8, 4) is 0 Å². The largest absolute Gasteiger partial charge is 0.400 e. The molecule has 0 spiro atoms. The van der Waals surface area contributed by atoms with Crippen LogP contribution >= 0.6 is 47.8 Å². The zero-order chi connectivity index (χ0) is 8.43. The van der Waals surface area contributed by atoms with Gasteiger partial charge >= 0.3 is 5.69 Å². The maximum Gasteiger partial charge on any atom is 0.400 e. The first-order valence-corrected chi connectivity index (χ1v) is 5.02. The molecule has 0 atom stereocenters. The lowest BCUT2D eigenvalue weighted by molar-refractivity contribution is 1.44. The van der Waals surface area contributed by atoms with Gasteiger partial charge in [-0.2, -0.15) is 0 Å². The number of nitrogens with zero attached hydrogens (tertiary/aromatic N) is 2. The van der Waals surface area contributed by atoms with Crippen molar-refractivity contribution < 1.29 is 0 Å². The van der Waals surface area contributed by atoms with Crippen molar-refractivity contribution in [3.63, 3.8) is 0 Å². The normalized spacial score (nSPS) is 9.27. The van der Waals surface area contributed by atoms with Gasteiger partial charge in [0.1, 0.15) is 4.47 Å². The fourth-order valence-corrected chi connectivity index (χ4v) is 1.99. The Balaban J connectivity index is 3.35. The Bertz CT molecular complexity index is 329. The highest BCUT2D eigenvalue weighted by molar-refractivity contribution is 9.13. The third-order valence-corrected chi connectivity index (χ3v) is 3.58. The fourth-order valence-electron chi connectivity index (χ4n) is 0.589. The summed E-state index contributed by atoms with van der Waals surface area (Å²) in [6, 6.07) is 3.51. The van der Waals surface area contributed by atoms with Crippen molar-refractivity contribution in [2.45, 2.75) is 0 Å². The number of benzene rings is 1. The van der Waals surface area contributed by atoms with Gasteiger partial charge in [0.25, 0.3) is 0 Å². The zero-order valence-electron chi connectivity index (χ0n) is 5.18. The minimum absolute atomic E-state index is 0.500. The van der Waals surface area contributed by atoms with Crippen molar-refractivity contribution in [2.24, 2.45) is 0 Å². The van der Waals surface area contributed by atoms with E-state index in [1.165, 1.54) is 0 Å². The van der Waals surface area contributed by atoms with E-state index in [1.54, 1.807) is 12.1 Å². The Labute approximate surface area is 89.0 Å². The topological polar surface area (TPSA) is 28.1 Å². The molecule has 1 rings (SSSR count). The van der Waals surface area contributed by atoms with Crippen LogP contribution in [0, 0.1) is 5.39 Å². The van der Waals surface area contributed by atoms with Crippen LogP contribution in [0.3, 0.4) is 0 Å². The van der Waals surface area contributed by atoms with Gasteiger partial charge in [0.05, 0.1) is 6.07 Å². The SMILES string of the molecule is N#[N+]c1cc(Br)c(Br)cc1Br. The summed E-state index contributed by atoms with van der Waals surface area (Å²) in [4.78, 5) is 3.07. The monoisotopic (exact) mass is 339 g/mol. The number of hydrogen-bond acceptors (Lipinski definition) is 1. The van der Waals surface area contributed by atoms with Gasteiger partial charge in [0, 0.05) is 8.95 Å². The fraction of sp³-hybridized carbons (Fsp3) is 0. The highest BCUT2D eigenvalue weighted by Crippen LogP contribution is 2.34.